The molecule has 184 valence electrons. The third kappa shape index (κ3) is 3.76. The molecule has 7 heteroatoms. The third-order valence-corrected chi connectivity index (χ3v) is 6.40. The number of methoxy groups -OCH3 is 2. The Morgan fingerprint density at radius 2 is 1.53 bits per heavy atom. The second kappa shape index (κ2) is 9.60. The molecular formula is C31H22N4O3. The molecule has 3 aromatic carbocycles. The zero-order chi connectivity index (χ0) is 26.1. The van der Waals surface area contributed by atoms with Crippen LogP contribution in [0.25, 0.3) is 50.6 Å². The molecule has 0 amide bonds. The van der Waals surface area contributed by atoms with Crippen molar-refractivity contribution in [2.45, 2.75) is 0 Å². The Hall–Kier alpha value is -5.35. The number of furan rings is 1. The Bertz CT molecular complexity index is 1790. The summed E-state index contributed by atoms with van der Waals surface area (Å²) < 4.78 is 18.6. The highest BCUT2D eigenvalue weighted by Gasteiger charge is 2.27. The smallest absolute Gasteiger partial charge is 0.165 e. The summed E-state index contributed by atoms with van der Waals surface area (Å²) in [6, 6.07) is 31.3. The minimum Gasteiger partial charge on any atom is -0.493 e. The number of para-hydroxylation sites is 1. The first kappa shape index (κ1) is 23.1. The summed E-state index contributed by atoms with van der Waals surface area (Å²) in [5.41, 5.74) is 5.34. The highest BCUT2D eigenvalue weighted by atomic mass is 16.5. The number of fused-ring (bicyclic) bond motifs is 1. The fraction of sp³-hybridized carbons (Fsp3) is 0.0645. The molecule has 7 nitrogen and oxygen atoms in total. The number of hydrogen-bond acceptors (Lipinski definition) is 6. The summed E-state index contributed by atoms with van der Waals surface area (Å²) in [5, 5.41) is 16.3. The fourth-order valence-corrected chi connectivity index (χ4v) is 4.68. The maximum atomic E-state index is 10.5. The number of benzene rings is 3. The van der Waals surface area contributed by atoms with Crippen molar-refractivity contribution in [2.24, 2.45) is 0 Å². The average molecular weight is 499 g/mol. The molecule has 3 heterocycles. The number of aromatic nitrogens is 3. The number of rotatable bonds is 6. The van der Waals surface area contributed by atoms with Crippen LogP contribution in [0.5, 0.6) is 11.5 Å². The zero-order valence-electron chi connectivity index (χ0n) is 20.8. The van der Waals surface area contributed by atoms with Crippen LogP contribution in [-0.4, -0.2) is 29.0 Å². The molecule has 0 unspecified atom stereocenters. The molecule has 38 heavy (non-hydrogen) atoms. The van der Waals surface area contributed by atoms with Crippen LogP contribution in [0.3, 0.4) is 0 Å². The van der Waals surface area contributed by atoms with Crippen molar-refractivity contribution in [1.82, 2.24) is 14.8 Å². The number of nitrogens with zero attached hydrogens (tertiary/aromatic N) is 4. The predicted octanol–water partition coefficient (Wildman–Crippen LogP) is 6.90. The summed E-state index contributed by atoms with van der Waals surface area (Å²) in [6.07, 6.45) is 1.57. The normalized spacial score (nSPS) is 10.9. The van der Waals surface area contributed by atoms with Crippen molar-refractivity contribution in [2.75, 3.05) is 14.2 Å². The molecule has 6 aromatic rings. The molecule has 0 aliphatic rings. The van der Waals surface area contributed by atoms with Crippen LogP contribution in [0.15, 0.2) is 102 Å². The molecule has 0 saturated carbocycles. The summed E-state index contributed by atoms with van der Waals surface area (Å²) in [6.45, 7) is 0. The SMILES string of the molecule is COc1ccc(-c2c(C#N)c(-c3ccco3)nc3c2c(-c2ccccc2)nn3-c2ccccc2)cc1OC. The van der Waals surface area contributed by atoms with E-state index in [0.717, 1.165) is 22.2 Å². The first-order valence-corrected chi connectivity index (χ1v) is 12.0. The maximum absolute atomic E-state index is 10.5. The molecule has 0 saturated heterocycles. The van der Waals surface area contributed by atoms with E-state index >= 15 is 0 Å². The number of nitriles is 1. The highest BCUT2D eigenvalue weighted by Crippen LogP contribution is 2.43. The standard InChI is InChI=1S/C31H22N4O3/c1-36-24-16-15-21(18-26(24)37-2)27-23(19-32)30(25-14-9-17-38-25)33-31-28(27)29(20-10-5-3-6-11-20)34-35(31)22-12-7-4-8-13-22/h3-18H,1-2H3. The van der Waals surface area contributed by atoms with Gasteiger partial charge in [-0.3, -0.25) is 0 Å². The van der Waals surface area contributed by atoms with Gasteiger partial charge in [-0.15, -0.1) is 0 Å². The van der Waals surface area contributed by atoms with Gasteiger partial charge in [0.15, 0.2) is 22.9 Å². The lowest BCUT2D eigenvalue weighted by Crippen LogP contribution is -2.01. The van der Waals surface area contributed by atoms with Crippen molar-refractivity contribution in [1.29, 1.82) is 5.26 Å². The van der Waals surface area contributed by atoms with Gasteiger partial charge in [-0.05, 0) is 42.0 Å². The van der Waals surface area contributed by atoms with Crippen molar-refractivity contribution < 1.29 is 13.9 Å². The van der Waals surface area contributed by atoms with Gasteiger partial charge in [0.05, 0.1) is 37.1 Å². The van der Waals surface area contributed by atoms with Gasteiger partial charge in [0.1, 0.15) is 17.5 Å². The summed E-state index contributed by atoms with van der Waals surface area (Å²) >= 11 is 0. The predicted molar refractivity (Wildman–Crippen MR) is 145 cm³/mol. The largest absolute Gasteiger partial charge is 0.493 e. The van der Waals surface area contributed by atoms with Crippen LogP contribution in [0.1, 0.15) is 5.56 Å². The molecule has 0 spiro atoms. The van der Waals surface area contributed by atoms with Gasteiger partial charge in [0.2, 0.25) is 0 Å². The fourth-order valence-electron chi connectivity index (χ4n) is 4.68. The Balaban J connectivity index is 1.81. The first-order chi connectivity index (χ1) is 18.7. The van der Waals surface area contributed by atoms with E-state index in [1.165, 1.54) is 0 Å². The molecule has 0 aliphatic carbocycles. The number of pyridine rings is 1. The number of hydrogen-bond donors (Lipinski definition) is 0. The molecule has 3 aromatic heterocycles. The molecule has 6 rings (SSSR count). The molecule has 0 N–H and O–H groups in total. The van der Waals surface area contributed by atoms with E-state index in [9.17, 15) is 5.26 Å². The Morgan fingerprint density at radius 3 is 2.18 bits per heavy atom. The van der Waals surface area contributed by atoms with Gasteiger partial charge in [0.25, 0.3) is 0 Å². The highest BCUT2D eigenvalue weighted by molar-refractivity contribution is 6.07. The van der Waals surface area contributed by atoms with Crippen LogP contribution < -0.4 is 9.47 Å². The van der Waals surface area contributed by atoms with Crippen molar-refractivity contribution in [3.05, 3.63) is 103 Å². The average Bonchev–Trinajstić information content (AvgIpc) is 3.65. The van der Waals surface area contributed by atoms with Crippen molar-refractivity contribution in [3.8, 4) is 57.1 Å². The lowest BCUT2D eigenvalue weighted by Gasteiger charge is -2.14. The molecule has 0 fully saturated rings. The minimum absolute atomic E-state index is 0.379. The van der Waals surface area contributed by atoms with Crippen molar-refractivity contribution in [3.63, 3.8) is 0 Å². The van der Waals surface area contributed by atoms with Crippen LogP contribution >= 0.6 is 0 Å². The third-order valence-electron chi connectivity index (χ3n) is 6.40. The van der Waals surface area contributed by atoms with E-state index in [-0.39, 0.29) is 0 Å². The molecule has 0 radical (unpaired) electrons. The quantitative estimate of drug-likeness (QED) is 0.248. The molecule has 0 bridgehead atoms. The van der Waals surface area contributed by atoms with Gasteiger partial charge < -0.3 is 13.9 Å². The first-order valence-electron chi connectivity index (χ1n) is 12.0. The van der Waals surface area contributed by atoms with Gasteiger partial charge in [-0.25, -0.2) is 9.67 Å². The monoisotopic (exact) mass is 498 g/mol. The second-order valence-corrected chi connectivity index (χ2v) is 8.53. The van der Waals surface area contributed by atoms with Crippen molar-refractivity contribution >= 4 is 11.0 Å². The summed E-state index contributed by atoms with van der Waals surface area (Å²) in [4.78, 5) is 5.00. The van der Waals surface area contributed by atoms with E-state index in [1.807, 2.05) is 83.5 Å². The topological polar surface area (TPSA) is 86.1 Å². The Kier molecular flexibility index (Phi) is 5.83. The molecular weight excluding hydrogens is 476 g/mol. The molecule has 0 aliphatic heterocycles. The maximum Gasteiger partial charge on any atom is 0.165 e. The summed E-state index contributed by atoms with van der Waals surface area (Å²) in [5.74, 6) is 1.64. The minimum atomic E-state index is 0.379. The second-order valence-electron chi connectivity index (χ2n) is 8.53. The number of ether oxygens (including phenoxy) is 2. The van der Waals surface area contributed by atoms with E-state index in [4.69, 9.17) is 24.0 Å². The molecule has 0 atom stereocenters. The van der Waals surface area contributed by atoms with E-state index < -0.39 is 0 Å². The van der Waals surface area contributed by atoms with Crippen LogP contribution in [-0.2, 0) is 0 Å². The van der Waals surface area contributed by atoms with Crippen LogP contribution in [0.2, 0.25) is 0 Å². The lowest BCUT2D eigenvalue weighted by atomic mass is 9.93. The van der Waals surface area contributed by atoms with E-state index in [2.05, 4.69) is 6.07 Å². The van der Waals surface area contributed by atoms with Gasteiger partial charge >= 0.3 is 0 Å². The Labute approximate surface area is 219 Å². The zero-order valence-corrected chi connectivity index (χ0v) is 20.8. The lowest BCUT2D eigenvalue weighted by molar-refractivity contribution is 0.355. The summed E-state index contributed by atoms with van der Waals surface area (Å²) in [7, 11) is 3.18. The van der Waals surface area contributed by atoms with E-state index in [0.29, 0.717) is 45.4 Å². The van der Waals surface area contributed by atoms with Crippen LogP contribution in [0, 0.1) is 11.3 Å². The van der Waals surface area contributed by atoms with Gasteiger partial charge in [0, 0.05) is 11.1 Å². The van der Waals surface area contributed by atoms with Gasteiger partial charge in [-0.2, -0.15) is 10.4 Å². The van der Waals surface area contributed by atoms with Crippen LogP contribution in [0.4, 0.5) is 0 Å². The van der Waals surface area contributed by atoms with Gasteiger partial charge in [-0.1, -0.05) is 54.6 Å². The Morgan fingerprint density at radius 1 is 0.789 bits per heavy atom. The van der Waals surface area contributed by atoms with E-state index in [1.54, 1.807) is 32.6 Å².